The van der Waals surface area contributed by atoms with Crippen LogP contribution in [0.1, 0.15) is 11.1 Å². The van der Waals surface area contributed by atoms with Crippen LogP contribution in [0, 0.1) is 6.92 Å². The summed E-state index contributed by atoms with van der Waals surface area (Å²) in [5, 5.41) is 2.35. The SMILES string of the molecule is COc1ccc2c(c1)c1ccncc1n2Cc1ccc(C)cc1OC. The molecule has 0 aliphatic heterocycles. The fourth-order valence-electron chi connectivity index (χ4n) is 3.38. The molecule has 2 aromatic carbocycles. The van der Waals surface area contributed by atoms with Crippen LogP contribution in [-0.4, -0.2) is 23.8 Å². The van der Waals surface area contributed by atoms with Crippen LogP contribution in [0.5, 0.6) is 11.5 Å². The van der Waals surface area contributed by atoms with Gasteiger partial charge in [0.25, 0.3) is 0 Å². The normalized spacial score (nSPS) is 11.2. The largest absolute Gasteiger partial charge is 0.497 e. The van der Waals surface area contributed by atoms with Crippen LogP contribution in [0.3, 0.4) is 0 Å². The Morgan fingerprint density at radius 3 is 2.60 bits per heavy atom. The summed E-state index contributed by atoms with van der Waals surface area (Å²) in [6.07, 6.45) is 3.75. The number of hydrogen-bond donors (Lipinski definition) is 0. The molecule has 126 valence electrons. The van der Waals surface area contributed by atoms with E-state index in [0.717, 1.165) is 34.6 Å². The van der Waals surface area contributed by atoms with Crippen LogP contribution in [0.25, 0.3) is 21.8 Å². The second kappa shape index (κ2) is 6.13. The van der Waals surface area contributed by atoms with Crippen molar-refractivity contribution in [2.24, 2.45) is 0 Å². The number of aryl methyl sites for hydroxylation is 1. The van der Waals surface area contributed by atoms with Gasteiger partial charge in [0.05, 0.1) is 32.5 Å². The highest BCUT2D eigenvalue weighted by atomic mass is 16.5. The Balaban J connectivity index is 1.94. The van der Waals surface area contributed by atoms with Gasteiger partial charge in [-0.2, -0.15) is 0 Å². The highest BCUT2D eigenvalue weighted by Gasteiger charge is 2.13. The average Bonchev–Trinajstić information content (AvgIpc) is 2.96. The predicted molar refractivity (Wildman–Crippen MR) is 101 cm³/mol. The van der Waals surface area contributed by atoms with Gasteiger partial charge >= 0.3 is 0 Å². The van der Waals surface area contributed by atoms with Gasteiger partial charge in [-0.1, -0.05) is 12.1 Å². The molecule has 0 amide bonds. The molecule has 2 heterocycles. The molecule has 4 heteroatoms. The van der Waals surface area contributed by atoms with E-state index >= 15 is 0 Å². The second-order valence-electron chi connectivity index (χ2n) is 6.18. The summed E-state index contributed by atoms with van der Waals surface area (Å²) in [7, 11) is 3.41. The maximum atomic E-state index is 5.59. The molecule has 0 saturated heterocycles. The summed E-state index contributed by atoms with van der Waals surface area (Å²) >= 11 is 0. The Labute approximate surface area is 146 Å². The molecule has 0 bridgehead atoms. The quantitative estimate of drug-likeness (QED) is 0.549. The minimum Gasteiger partial charge on any atom is -0.497 e. The van der Waals surface area contributed by atoms with E-state index in [2.05, 4.69) is 52.9 Å². The highest BCUT2D eigenvalue weighted by molar-refractivity contribution is 6.08. The van der Waals surface area contributed by atoms with E-state index in [1.807, 2.05) is 18.5 Å². The Hall–Kier alpha value is -3.01. The van der Waals surface area contributed by atoms with Crippen LogP contribution in [0.2, 0.25) is 0 Å². The minimum absolute atomic E-state index is 0.724. The van der Waals surface area contributed by atoms with E-state index in [1.54, 1.807) is 14.2 Å². The topological polar surface area (TPSA) is 36.3 Å². The first-order valence-corrected chi connectivity index (χ1v) is 8.24. The molecule has 25 heavy (non-hydrogen) atoms. The van der Waals surface area contributed by atoms with Crippen molar-refractivity contribution in [2.75, 3.05) is 14.2 Å². The number of rotatable bonds is 4. The van der Waals surface area contributed by atoms with Crippen LogP contribution in [-0.2, 0) is 6.54 Å². The van der Waals surface area contributed by atoms with Crippen molar-refractivity contribution in [3.8, 4) is 11.5 Å². The van der Waals surface area contributed by atoms with Gasteiger partial charge in [-0.3, -0.25) is 4.98 Å². The van der Waals surface area contributed by atoms with Crippen LogP contribution in [0.15, 0.2) is 54.9 Å². The lowest BCUT2D eigenvalue weighted by Gasteiger charge is -2.12. The van der Waals surface area contributed by atoms with Gasteiger partial charge in [0, 0.05) is 28.0 Å². The van der Waals surface area contributed by atoms with E-state index in [9.17, 15) is 0 Å². The van der Waals surface area contributed by atoms with Crippen molar-refractivity contribution in [1.82, 2.24) is 9.55 Å². The molecule has 0 atom stereocenters. The van der Waals surface area contributed by atoms with E-state index in [1.165, 1.54) is 16.3 Å². The molecular formula is C21H20N2O2. The average molecular weight is 332 g/mol. The smallest absolute Gasteiger partial charge is 0.124 e. The zero-order valence-corrected chi connectivity index (χ0v) is 14.6. The number of aromatic nitrogens is 2. The van der Waals surface area contributed by atoms with E-state index in [4.69, 9.17) is 9.47 Å². The Morgan fingerprint density at radius 2 is 1.80 bits per heavy atom. The zero-order valence-electron chi connectivity index (χ0n) is 14.6. The second-order valence-corrected chi connectivity index (χ2v) is 6.18. The maximum absolute atomic E-state index is 5.59. The zero-order chi connectivity index (χ0) is 17.4. The number of benzene rings is 2. The first kappa shape index (κ1) is 15.5. The first-order valence-electron chi connectivity index (χ1n) is 8.24. The number of ether oxygens (including phenoxy) is 2. The van der Waals surface area contributed by atoms with Crippen molar-refractivity contribution < 1.29 is 9.47 Å². The number of fused-ring (bicyclic) bond motifs is 3. The van der Waals surface area contributed by atoms with Gasteiger partial charge in [0.2, 0.25) is 0 Å². The van der Waals surface area contributed by atoms with E-state index in [-0.39, 0.29) is 0 Å². The fraction of sp³-hybridized carbons (Fsp3) is 0.190. The third-order valence-corrected chi connectivity index (χ3v) is 4.65. The Kier molecular flexibility index (Phi) is 3.80. The van der Waals surface area contributed by atoms with Crippen molar-refractivity contribution in [3.05, 3.63) is 66.0 Å². The molecule has 0 N–H and O–H groups in total. The molecule has 0 fully saturated rings. The molecule has 4 aromatic rings. The monoisotopic (exact) mass is 332 g/mol. The number of methoxy groups -OCH3 is 2. The molecule has 4 rings (SSSR count). The van der Waals surface area contributed by atoms with Gasteiger partial charge < -0.3 is 14.0 Å². The van der Waals surface area contributed by atoms with E-state index in [0.29, 0.717) is 0 Å². The summed E-state index contributed by atoms with van der Waals surface area (Å²) in [5.41, 5.74) is 4.60. The van der Waals surface area contributed by atoms with Gasteiger partial charge in [0.15, 0.2) is 0 Å². The van der Waals surface area contributed by atoms with E-state index < -0.39 is 0 Å². The number of hydrogen-bond acceptors (Lipinski definition) is 3. The standard InChI is InChI=1S/C21H20N2O2/c1-14-4-5-15(21(10-14)25-3)13-23-19-7-6-16(24-2)11-18(19)17-8-9-22-12-20(17)23/h4-12H,13H2,1-3H3. The summed E-state index contributed by atoms with van der Waals surface area (Å²) < 4.78 is 13.3. The van der Waals surface area contributed by atoms with Gasteiger partial charge in [0.1, 0.15) is 11.5 Å². The third-order valence-electron chi connectivity index (χ3n) is 4.65. The van der Waals surface area contributed by atoms with Crippen LogP contribution < -0.4 is 9.47 Å². The summed E-state index contributed by atoms with van der Waals surface area (Å²) in [6, 6.07) is 14.6. The molecule has 0 unspecified atom stereocenters. The minimum atomic E-state index is 0.724. The Bertz CT molecular complexity index is 1070. The molecular weight excluding hydrogens is 312 g/mol. The van der Waals surface area contributed by atoms with Crippen molar-refractivity contribution in [2.45, 2.75) is 13.5 Å². The maximum Gasteiger partial charge on any atom is 0.124 e. The summed E-state index contributed by atoms with van der Waals surface area (Å²) in [4.78, 5) is 4.33. The molecule has 4 nitrogen and oxygen atoms in total. The lowest BCUT2D eigenvalue weighted by molar-refractivity contribution is 0.408. The molecule has 0 radical (unpaired) electrons. The first-order chi connectivity index (χ1) is 12.2. The summed E-state index contributed by atoms with van der Waals surface area (Å²) in [5.74, 6) is 1.77. The fourth-order valence-corrected chi connectivity index (χ4v) is 3.38. The van der Waals surface area contributed by atoms with Crippen LogP contribution in [0.4, 0.5) is 0 Å². The molecule has 0 saturated carbocycles. The molecule has 0 aliphatic rings. The third kappa shape index (κ3) is 2.60. The Morgan fingerprint density at radius 1 is 0.920 bits per heavy atom. The van der Waals surface area contributed by atoms with Gasteiger partial charge in [-0.05, 0) is 42.8 Å². The lowest BCUT2D eigenvalue weighted by atomic mass is 10.1. The highest BCUT2D eigenvalue weighted by Crippen LogP contribution is 2.33. The van der Waals surface area contributed by atoms with Crippen molar-refractivity contribution in [1.29, 1.82) is 0 Å². The number of nitrogens with zero attached hydrogens (tertiary/aromatic N) is 2. The van der Waals surface area contributed by atoms with Gasteiger partial charge in [-0.15, -0.1) is 0 Å². The summed E-state index contributed by atoms with van der Waals surface area (Å²) in [6.45, 7) is 2.80. The molecule has 0 aliphatic carbocycles. The van der Waals surface area contributed by atoms with Crippen molar-refractivity contribution >= 4 is 21.8 Å². The van der Waals surface area contributed by atoms with Crippen molar-refractivity contribution in [3.63, 3.8) is 0 Å². The van der Waals surface area contributed by atoms with Crippen LogP contribution >= 0.6 is 0 Å². The predicted octanol–water partition coefficient (Wildman–Crippen LogP) is 4.56. The molecule has 2 aromatic heterocycles. The van der Waals surface area contributed by atoms with Gasteiger partial charge in [-0.25, -0.2) is 0 Å². The lowest BCUT2D eigenvalue weighted by Crippen LogP contribution is -2.02. The molecule has 0 spiro atoms. The number of pyridine rings is 1.